The van der Waals surface area contributed by atoms with E-state index < -0.39 is 9.76 Å². The van der Waals surface area contributed by atoms with Gasteiger partial charge in [0.25, 0.3) is 9.70 Å². The van der Waals surface area contributed by atoms with E-state index in [4.69, 9.17) is 44.6 Å². The largest absolute Gasteiger partial charge is 0.478 e. The number of ether oxygens (including phenoxy) is 1. The molecule has 1 spiro atoms. The highest BCUT2D eigenvalue weighted by atomic mass is 35.6. The fourth-order valence-corrected chi connectivity index (χ4v) is 5.86. The van der Waals surface area contributed by atoms with Crippen LogP contribution in [0.1, 0.15) is 76.1 Å². The first-order chi connectivity index (χ1) is 18.8. The maximum atomic E-state index is 13.4. The lowest BCUT2D eigenvalue weighted by Gasteiger charge is -2.48. The summed E-state index contributed by atoms with van der Waals surface area (Å²) in [6.45, 7) is 7.07. The first-order valence-corrected chi connectivity index (χ1v) is 14.4. The third-order valence-corrected chi connectivity index (χ3v) is 8.60. The highest BCUT2D eigenvalue weighted by Crippen LogP contribution is 2.43. The lowest BCUT2D eigenvalue weighted by atomic mass is 9.68. The number of methoxy groups -OCH3 is 1. The molecule has 1 unspecified atom stereocenters. The highest BCUT2D eigenvalue weighted by molar-refractivity contribution is 6.75. The predicted molar refractivity (Wildman–Crippen MR) is 156 cm³/mol. The zero-order valence-electron chi connectivity index (χ0n) is 22.7. The molecule has 8 nitrogen and oxygen atoms in total. The van der Waals surface area contributed by atoms with Gasteiger partial charge in [0.15, 0.2) is 0 Å². The van der Waals surface area contributed by atoms with Gasteiger partial charge < -0.3 is 25.4 Å². The number of fused-ring (bicyclic) bond motifs is 1. The van der Waals surface area contributed by atoms with Gasteiger partial charge in [0.1, 0.15) is 0 Å². The van der Waals surface area contributed by atoms with Crippen molar-refractivity contribution in [2.75, 3.05) is 25.5 Å². The minimum Gasteiger partial charge on any atom is -0.478 e. The molecule has 1 saturated heterocycles. The number of anilines is 1. The van der Waals surface area contributed by atoms with Gasteiger partial charge in [-0.05, 0) is 79.8 Å². The maximum absolute atomic E-state index is 13.4. The lowest BCUT2D eigenvalue weighted by molar-refractivity contribution is -0.135. The summed E-state index contributed by atoms with van der Waals surface area (Å²) in [4.78, 5) is 37.4. The Morgan fingerprint density at radius 3 is 2.35 bits per heavy atom. The van der Waals surface area contributed by atoms with Gasteiger partial charge in [-0.15, -0.1) is 0 Å². The van der Waals surface area contributed by atoms with E-state index in [0.717, 1.165) is 53.9 Å². The van der Waals surface area contributed by atoms with E-state index >= 15 is 0 Å². The molecule has 0 radical (unpaired) electrons. The van der Waals surface area contributed by atoms with Crippen molar-refractivity contribution in [2.45, 2.75) is 62.0 Å². The van der Waals surface area contributed by atoms with Crippen LogP contribution in [0.2, 0.25) is 0 Å². The van der Waals surface area contributed by atoms with Gasteiger partial charge in [-0.2, -0.15) is 0 Å². The van der Waals surface area contributed by atoms with Crippen molar-refractivity contribution < 1.29 is 24.2 Å². The molecule has 1 atom stereocenters. The van der Waals surface area contributed by atoms with Gasteiger partial charge in [-0.1, -0.05) is 53.0 Å². The molecule has 2 heterocycles. The standard InChI is InChI=1S/C27H33N3O3.C2HCl3O2/c1-17-12-21(18(2)29-24-7-5-4-6-20(24)26(32)33-3)23-14-30(25(31)22(23)13-17)19-8-10-27(11-9-19)15-28-16-27;3-2(4,5)1(6)7/h4-7,12-13,18-19,28-29H,8-11,14-16H2,1-3H3;(H,6,7). The molecule has 3 aliphatic rings. The zero-order valence-corrected chi connectivity index (χ0v) is 25.0. The number of hydrogen-bond donors (Lipinski definition) is 3. The van der Waals surface area contributed by atoms with Gasteiger partial charge in [-0.25, -0.2) is 9.59 Å². The summed E-state index contributed by atoms with van der Waals surface area (Å²) in [5, 5.41) is 14.8. The van der Waals surface area contributed by atoms with Gasteiger partial charge in [-0.3, -0.25) is 4.79 Å². The molecule has 2 aliphatic heterocycles. The van der Waals surface area contributed by atoms with Crippen molar-refractivity contribution in [3.8, 4) is 0 Å². The Labute approximate surface area is 249 Å². The molecule has 2 aromatic rings. The summed E-state index contributed by atoms with van der Waals surface area (Å²) in [6, 6.07) is 11.9. The minimum absolute atomic E-state index is 0.0621. The summed E-state index contributed by atoms with van der Waals surface area (Å²) in [6.07, 6.45) is 4.60. The van der Waals surface area contributed by atoms with Gasteiger partial charge in [0.2, 0.25) is 0 Å². The molecule has 1 saturated carbocycles. The fraction of sp³-hybridized carbons (Fsp3) is 0.483. The van der Waals surface area contributed by atoms with E-state index in [1.165, 1.54) is 20.0 Å². The van der Waals surface area contributed by atoms with Crippen molar-refractivity contribution in [3.63, 3.8) is 0 Å². The number of benzene rings is 2. The highest BCUT2D eigenvalue weighted by Gasteiger charge is 2.43. The maximum Gasteiger partial charge on any atom is 0.356 e. The van der Waals surface area contributed by atoms with E-state index in [0.29, 0.717) is 23.6 Å². The van der Waals surface area contributed by atoms with Crippen LogP contribution in [0.4, 0.5) is 5.69 Å². The molecule has 40 heavy (non-hydrogen) atoms. The molecule has 0 bridgehead atoms. The molecule has 1 aliphatic carbocycles. The van der Waals surface area contributed by atoms with Crippen LogP contribution >= 0.6 is 34.8 Å². The lowest BCUT2D eigenvalue weighted by Crippen LogP contribution is -2.56. The number of aryl methyl sites for hydroxylation is 1. The van der Waals surface area contributed by atoms with Crippen LogP contribution in [-0.4, -0.2) is 57.9 Å². The summed E-state index contributed by atoms with van der Waals surface area (Å²) < 4.78 is 2.78. The van der Waals surface area contributed by atoms with Crippen molar-refractivity contribution in [2.24, 2.45) is 5.41 Å². The van der Waals surface area contributed by atoms with Crippen LogP contribution in [0.5, 0.6) is 0 Å². The molecule has 11 heteroatoms. The third kappa shape index (κ3) is 6.51. The van der Waals surface area contributed by atoms with Crippen LogP contribution in [0.15, 0.2) is 36.4 Å². The molecule has 2 fully saturated rings. The third-order valence-electron chi connectivity index (χ3n) is 8.12. The Bertz CT molecular complexity index is 1280. The van der Waals surface area contributed by atoms with Crippen molar-refractivity contribution >= 4 is 58.3 Å². The summed E-state index contributed by atoms with van der Waals surface area (Å²) in [5.41, 5.74) is 5.89. The van der Waals surface area contributed by atoms with Crippen molar-refractivity contribution in [1.82, 2.24) is 10.2 Å². The van der Waals surface area contributed by atoms with Crippen LogP contribution in [0.25, 0.3) is 0 Å². The average Bonchev–Trinajstić information content (AvgIpc) is 3.23. The Morgan fingerprint density at radius 2 is 1.80 bits per heavy atom. The van der Waals surface area contributed by atoms with E-state index in [1.807, 2.05) is 31.2 Å². The average molecular weight is 611 g/mol. The number of hydrogen-bond acceptors (Lipinski definition) is 6. The number of carbonyl (C=O) groups is 3. The van der Waals surface area contributed by atoms with Gasteiger partial charge in [0.05, 0.1) is 12.7 Å². The van der Waals surface area contributed by atoms with E-state index in [-0.39, 0.29) is 17.9 Å². The molecule has 0 aromatic heterocycles. The van der Waals surface area contributed by atoms with E-state index in [2.05, 4.69) is 28.5 Å². The number of rotatable bonds is 5. The second kappa shape index (κ2) is 12.1. The number of esters is 1. The second-order valence-corrected chi connectivity index (χ2v) is 13.1. The number of amides is 1. The molecular formula is C29H34Cl3N3O5. The summed E-state index contributed by atoms with van der Waals surface area (Å²) in [7, 11) is 1.39. The number of carboxylic acids is 1. The van der Waals surface area contributed by atoms with Crippen LogP contribution in [0.3, 0.4) is 0 Å². The van der Waals surface area contributed by atoms with E-state index in [9.17, 15) is 14.4 Å². The predicted octanol–water partition coefficient (Wildman–Crippen LogP) is 5.88. The number of nitrogens with zero attached hydrogens (tertiary/aromatic N) is 1. The van der Waals surface area contributed by atoms with Gasteiger partial charge in [0, 0.05) is 43.0 Å². The molecule has 2 aromatic carbocycles. The minimum atomic E-state index is -2.17. The SMILES string of the molecule is COC(=O)c1ccccc1NC(C)c1cc(C)cc2c1CN(C1CCC3(CC1)CNC3)C2=O.O=C(O)C(Cl)(Cl)Cl. The molecular weight excluding hydrogens is 577 g/mol. The number of carboxylic acid groups (broad SMARTS) is 1. The number of para-hydroxylation sites is 1. The quantitative estimate of drug-likeness (QED) is 0.286. The first-order valence-electron chi connectivity index (χ1n) is 13.2. The van der Waals surface area contributed by atoms with Crippen LogP contribution in [-0.2, 0) is 16.1 Å². The molecule has 1 amide bonds. The van der Waals surface area contributed by atoms with Crippen LogP contribution in [0, 0.1) is 12.3 Å². The fourth-order valence-electron chi connectivity index (χ4n) is 5.86. The second-order valence-electron chi connectivity index (χ2n) is 10.9. The topological polar surface area (TPSA) is 108 Å². The smallest absolute Gasteiger partial charge is 0.356 e. The number of carbonyl (C=O) groups excluding carboxylic acids is 2. The molecule has 3 N–H and O–H groups in total. The monoisotopic (exact) mass is 609 g/mol. The Hall–Kier alpha value is -2.52. The number of halogens is 3. The first kappa shape index (κ1) is 30.4. The molecule has 5 rings (SSSR count). The van der Waals surface area contributed by atoms with Gasteiger partial charge >= 0.3 is 11.9 Å². The summed E-state index contributed by atoms with van der Waals surface area (Å²) in [5.74, 6) is -1.65. The molecule has 216 valence electrons. The van der Waals surface area contributed by atoms with Crippen molar-refractivity contribution in [1.29, 1.82) is 0 Å². The Balaban J connectivity index is 0.000000470. The summed E-state index contributed by atoms with van der Waals surface area (Å²) >= 11 is 14.4. The normalized spacial score (nSPS) is 18.8. The Morgan fingerprint density at radius 1 is 1.18 bits per heavy atom. The number of alkyl halides is 3. The Kier molecular flexibility index (Phi) is 9.25. The zero-order chi connectivity index (χ0) is 29.2. The van der Waals surface area contributed by atoms with Crippen molar-refractivity contribution in [3.05, 3.63) is 64.2 Å². The van der Waals surface area contributed by atoms with Crippen LogP contribution < -0.4 is 10.6 Å². The number of aliphatic carboxylic acids is 1. The number of nitrogens with one attached hydrogen (secondary N) is 2. The van der Waals surface area contributed by atoms with E-state index in [1.54, 1.807) is 6.07 Å².